The smallest absolute Gasteiger partial charge is 0.221 e. The van der Waals surface area contributed by atoms with E-state index in [2.05, 4.69) is 14.9 Å². The van der Waals surface area contributed by atoms with Crippen molar-refractivity contribution in [2.45, 2.75) is 6.54 Å². The summed E-state index contributed by atoms with van der Waals surface area (Å²) in [7, 11) is 3.16. The minimum atomic E-state index is 0. The topological polar surface area (TPSA) is 73.0 Å². The fourth-order valence-corrected chi connectivity index (χ4v) is 2.82. The lowest BCUT2D eigenvalue weighted by Gasteiger charge is -2.27. The molecule has 1 aromatic heterocycles. The van der Waals surface area contributed by atoms with Gasteiger partial charge in [0.25, 0.3) is 0 Å². The highest BCUT2D eigenvalue weighted by molar-refractivity contribution is 14.0. The lowest BCUT2D eigenvalue weighted by atomic mass is 10.2. The number of aliphatic imine (C=N–C) groups is 1. The molecule has 118 valence electrons. The number of halogens is 1. The molecule has 0 spiro atoms. The molecule has 0 radical (unpaired) electrons. The Morgan fingerprint density at radius 3 is 2.67 bits per heavy atom. The number of hydrogen-bond donors (Lipinski definition) is 1. The van der Waals surface area contributed by atoms with Crippen molar-refractivity contribution < 1.29 is 9.47 Å². The van der Waals surface area contributed by atoms with E-state index >= 15 is 0 Å². The van der Waals surface area contributed by atoms with E-state index < -0.39 is 0 Å². The van der Waals surface area contributed by atoms with E-state index in [0.29, 0.717) is 24.3 Å². The quantitative estimate of drug-likeness (QED) is 0.450. The highest BCUT2D eigenvalue weighted by atomic mass is 127. The van der Waals surface area contributed by atoms with Crippen LogP contribution in [0.1, 0.15) is 5.56 Å². The molecule has 0 unspecified atom stereocenters. The van der Waals surface area contributed by atoms with Gasteiger partial charge in [0.1, 0.15) is 0 Å². The predicted octanol–water partition coefficient (Wildman–Crippen LogP) is 1.58. The average molecular weight is 424 g/mol. The van der Waals surface area contributed by atoms with Gasteiger partial charge in [-0.15, -0.1) is 24.0 Å². The summed E-state index contributed by atoms with van der Waals surface area (Å²) < 4.78 is 10.3. The van der Waals surface area contributed by atoms with E-state index in [1.165, 1.54) is 0 Å². The summed E-state index contributed by atoms with van der Waals surface area (Å²) in [6.07, 6.45) is 0. The molecule has 2 rings (SSSR count). The molecule has 1 aromatic rings. The Hall–Kier alpha value is -0.900. The van der Waals surface area contributed by atoms with Crippen molar-refractivity contribution in [2.75, 3.05) is 38.8 Å². The number of pyridine rings is 1. The Bertz CT molecular complexity index is 481. The number of ether oxygens (including phenoxy) is 2. The minimum absolute atomic E-state index is 0. The van der Waals surface area contributed by atoms with Crippen LogP contribution in [0, 0.1) is 0 Å². The van der Waals surface area contributed by atoms with Crippen LogP contribution in [0.25, 0.3) is 0 Å². The van der Waals surface area contributed by atoms with Crippen molar-refractivity contribution in [1.29, 1.82) is 0 Å². The molecule has 0 saturated carbocycles. The fraction of sp³-hybridized carbons (Fsp3) is 0.538. The van der Waals surface area contributed by atoms with E-state index in [4.69, 9.17) is 15.2 Å². The lowest BCUT2D eigenvalue weighted by molar-refractivity contribution is 0.361. The van der Waals surface area contributed by atoms with Gasteiger partial charge >= 0.3 is 0 Å². The van der Waals surface area contributed by atoms with Crippen LogP contribution in [0.5, 0.6) is 11.8 Å². The van der Waals surface area contributed by atoms with E-state index in [0.717, 1.165) is 30.2 Å². The number of aromatic nitrogens is 1. The lowest BCUT2D eigenvalue weighted by Crippen LogP contribution is -2.42. The van der Waals surface area contributed by atoms with Crippen LogP contribution < -0.4 is 15.2 Å². The second kappa shape index (κ2) is 9.19. The first-order valence-corrected chi connectivity index (χ1v) is 7.60. The molecule has 2 heterocycles. The van der Waals surface area contributed by atoms with Gasteiger partial charge in [0, 0.05) is 36.2 Å². The first-order chi connectivity index (χ1) is 9.74. The van der Waals surface area contributed by atoms with Crippen molar-refractivity contribution >= 4 is 41.7 Å². The van der Waals surface area contributed by atoms with Crippen LogP contribution in [-0.2, 0) is 6.54 Å². The average Bonchev–Trinajstić information content (AvgIpc) is 2.53. The maximum atomic E-state index is 6.02. The first kappa shape index (κ1) is 18.1. The standard InChI is InChI=1S/C13H20N4O2S.HI/c1-18-11-4-3-10(12(16-11)19-2)9-15-13(14)17-5-7-20-8-6-17;/h3-4H,5-9H2,1-2H3,(H2,14,15);1H. The summed E-state index contributed by atoms with van der Waals surface area (Å²) in [5.74, 6) is 3.83. The Labute approximate surface area is 146 Å². The van der Waals surface area contributed by atoms with Crippen molar-refractivity contribution in [3.63, 3.8) is 0 Å². The Morgan fingerprint density at radius 2 is 2.05 bits per heavy atom. The zero-order valence-corrected chi connectivity index (χ0v) is 15.4. The van der Waals surface area contributed by atoms with Gasteiger partial charge in [0.05, 0.1) is 20.8 Å². The van der Waals surface area contributed by atoms with Gasteiger partial charge in [-0.25, -0.2) is 4.99 Å². The number of thioether (sulfide) groups is 1. The highest BCUT2D eigenvalue weighted by Gasteiger charge is 2.12. The SMILES string of the molecule is COc1ccc(CN=C(N)N2CCSCC2)c(OC)n1.I. The Balaban J connectivity index is 0.00000220. The highest BCUT2D eigenvalue weighted by Crippen LogP contribution is 2.20. The number of nitrogens with zero attached hydrogens (tertiary/aromatic N) is 3. The molecule has 0 aliphatic carbocycles. The third-order valence-electron chi connectivity index (χ3n) is 3.06. The minimum Gasteiger partial charge on any atom is -0.481 e. The summed E-state index contributed by atoms with van der Waals surface area (Å²) in [5.41, 5.74) is 6.92. The molecular formula is C13H21IN4O2S. The summed E-state index contributed by atoms with van der Waals surface area (Å²) in [6, 6.07) is 3.69. The van der Waals surface area contributed by atoms with Crippen molar-refractivity contribution in [3.8, 4) is 11.8 Å². The third-order valence-corrected chi connectivity index (χ3v) is 4.00. The molecule has 1 aliphatic heterocycles. The van der Waals surface area contributed by atoms with Gasteiger partial charge in [-0.1, -0.05) is 0 Å². The molecule has 8 heteroatoms. The van der Waals surface area contributed by atoms with Crippen LogP contribution in [0.15, 0.2) is 17.1 Å². The van der Waals surface area contributed by atoms with Gasteiger partial charge in [0.15, 0.2) is 5.96 Å². The Morgan fingerprint density at radius 1 is 1.33 bits per heavy atom. The maximum absolute atomic E-state index is 6.02. The largest absolute Gasteiger partial charge is 0.481 e. The van der Waals surface area contributed by atoms with Gasteiger partial charge in [-0.3, -0.25) is 0 Å². The molecule has 21 heavy (non-hydrogen) atoms. The van der Waals surface area contributed by atoms with Gasteiger partial charge in [-0.05, 0) is 6.07 Å². The van der Waals surface area contributed by atoms with Crippen molar-refractivity contribution in [2.24, 2.45) is 10.7 Å². The summed E-state index contributed by atoms with van der Waals surface area (Å²) in [6.45, 7) is 2.37. The van der Waals surface area contributed by atoms with Gasteiger partial charge in [0.2, 0.25) is 11.8 Å². The molecule has 0 aromatic carbocycles. The molecule has 0 bridgehead atoms. The zero-order chi connectivity index (χ0) is 14.4. The van der Waals surface area contributed by atoms with E-state index in [9.17, 15) is 0 Å². The van der Waals surface area contributed by atoms with E-state index in [-0.39, 0.29) is 24.0 Å². The van der Waals surface area contributed by atoms with Crippen molar-refractivity contribution in [1.82, 2.24) is 9.88 Å². The summed E-state index contributed by atoms with van der Waals surface area (Å²) >= 11 is 1.94. The molecule has 1 saturated heterocycles. The molecule has 0 atom stereocenters. The maximum Gasteiger partial charge on any atom is 0.221 e. The second-order valence-electron chi connectivity index (χ2n) is 4.30. The molecule has 0 amide bonds. The van der Waals surface area contributed by atoms with Crippen LogP contribution in [0.2, 0.25) is 0 Å². The zero-order valence-electron chi connectivity index (χ0n) is 12.2. The van der Waals surface area contributed by atoms with E-state index in [1.54, 1.807) is 20.3 Å². The molecule has 1 fully saturated rings. The molecular weight excluding hydrogens is 403 g/mol. The van der Waals surface area contributed by atoms with Crippen molar-refractivity contribution in [3.05, 3.63) is 17.7 Å². The summed E-state index contributed by atoms with van der Waals surface area (Å²) in [4.78, 5) is 10.8. The second-order valence-corrected chi connectivity index (χ2v) is 5.52. The molecule has 6 nitrogen and oxygen atoms in total. The predicted molar refractivity (Wildman–Crippen MR) is 97.0 cm³/mol. The first-order valence-electron chi connectivity index (χ1n) is 6.45. The monoisotopic (exact) mass is 424 g/mol. The van der Waals surface area contributed by atoms with Crippen LogP contribution in [0.3, 0.4) is 0 Å². The van der Waals surface area contributed by atoms with Gasteiger partial charge < -0.3 is 20.1 Å². The van der Waals surface area contributed by atoms with Crippen LogP contribution in [-0.4, -0.2) is 54.7 Å². The number of hydrogen-bond acceptors (Lipinski definition) is 5. The number of nitrogens with two attached hydrogens (primary N) is 1. The van der Waals surface area contributed by atoms with Crippen LogP contribution in [0.4, 0.5) is 0 Å². The summed E-state index contributed by atoms with van der Waals surface area (Å²) in [5, 5.41) is 0. The van der Waals surface area contributed by atoms with Gasteiger partial charge in [-0.2, -0.15) is 16.7 Å². The van der Waals surface area contributed by atoms with E-state index in [1.807, 2.05) is 17.8 Å². The fourth-order valence-electron chi connectivity index (χ4n) is 1.92. The molecule has 1 aliphatic rings. The number of methoxy groups -OCH3 is 2. The number of guanidine groups is 1. The third kappa shape index (κ3) is 5.10. The normalized spacial score (nSPS) is 15.3. The molecule has 2 N–H and O–H groups in total. The van der Waals surface area contributed by atoms with Crippen LogP contribution >= 0.6 is 35.7 Å². The Kier molecular flexibility index (Phi) is 7.94. The number of rotatable bonds is 4.